The Hall–Kier alpha value is -2.85. The third-order valence-electron chi connectivity index (χ3n) is 4.06. The SMILES string of the molecule is COc1cccc(CNCc2ccc(F)cc2)c1OCc1ccccc1. The Morgan fingerprint density at radius 1 is 0.808 bits per heavy atom. The molecule has 26 heavy (non-hydrogen) atoms. The lowest BCUT2D eigenvalue weighted by Crippen LogP contribution is -2.14. The van der Waals surface area contributed by atoms with Crippen molar-refractivity contribution >= 4 is 0 Å². The van der Waals surface area contributed by atoms with Gasteiger partial charge in [-0.15, -0.1) is 0 Å². The van der Waals surface area contributed by atoms with Crippen LogP contribution in [0, 0.1) is 5.82 Å². The molecule has 1 N–H and O–H groups in total. The van der Waals surface area contributed by atoms with Crippen molar-refractivity contribution in [3.63, 3.8) is 0 Å². The molecule has 3 rings (SSSR count). The second kappa shape index (κ2) is 9.02. The maximum atomic E-state index is 13.0. The number of methoxy groups -OCH3 is 1. The zero-order valence-electron chi connectivity index (χ0n) is 14.7. The molecule has 0 spiro atoms. The molecule has 3 nitrogen and oxygen atoms in total. The third kappa shape index (κ3) is 4.83. The highest BCUT2D eigenvalue weighted by atomic mass is 19.1. The van der Waals surface area contributed by atoms with Gasteiger partial charge in [0.15, 0.2) is 11.5 Å². The van der Waals surface area contributed by atoms with Gasteiger partial charge in [0, 0.05) is 18.7 Å². The first kappa shape index (κ1) is 18.0. The minimum atomic E-state index is -0.224. The van der Waals surface area contributed by atoms with Gasteiger partial charge in [0.05, 0.1) is 7.11 Å². The molecule has 0 unspecified atom stereocenters. The maximum absolute atomic E-state index is 13.0. The van der Waals surface area contributed by atoms with Crippen LogP contribution >= 0.6 is 0 Å². The highest BCUT2D eigenvalue weighted by Gasteiger charge is 2.11. The van der Waals surface area contributed by atoms with Crippen molar-refractivity contribution in [1.29, 1.82) is 0 Å². The van der Waals surface area contributed by atoms with E-state index in [1.165, 1.54) is 12.1 Å². The molecule has 0 heterocycles. The predicted octanol–water partition coefficient (Wildman–Crippen LogP) is 4.70. The van der Waals surface area contributed by atoms with Gasteiger partial charge in [0.25, 0.3) is 0 Å². The zero-order valence-corrected chi connectivity index (χ0v) is 14.7. The summed E-state index contributed by atoms with van der Waals surface area (Å²) in [5, 5.41) is 3.37. The average Bonchev–Trinajstić information content (AvgIpc) is 2.69. The Bertz CT molecular complexity index is 819. The molecule has 0 aliphatic carbocycles. The van der Waals surface area contributed by atoms with Gasteiger partial charge in [-0.1, -0.05) is 54.6 Å². The molecule has 0 saturated carbocycles. The summed E-state index contributed by atoms with van der Waals surface area (Å²) >= 11 is 0. The zero-order chi connectivity index (χ0) is 18.2. The van der Waals surface area contributed by atoms with Crippen molar-refractivity contribution in [2.45, 2.75) is 19.7 Å². The van der Waals surface area contributed by atoms with E-state index in [0.717, 1.165) is 22.4 Å². The van der Waals surface area contributed by atoms with Gasteiger partial charge in [0.1, 0.15) is 12.4 Å². The van der Waals surface area contributed by atoms with Crippen molar-refractivity contribution in [2.24, 2.45) is 0 Å². The summed E-state index contributed by atoms with van der Waals surface area (Å²) < 4.78 is 24.5. The van der Waals surface area contributed by atoms with Gasteiger partial charge in [0.2, 0.25) is 0 Å². The molecule has 0 fully saturated rings. The highest BCUT2D eigenvalue weighted by Crippen LogP contribution is 2.31. The summed E-state index contributed by atoms with van der Waals surface area (Å²) in [7, 11) is 1.64. The third-order valence-corrected chi connectivity index (χ3v) is 4.06. The first-order valence-corrected chi connectivity index (χ1v) is 8.54. The molecule has 0 saturated heterocycles. The van der Waals surface area contributed by atoms with Crippen molar-refractivity contribution in [2.75, 3.05) is 7.11 Å². The van der Waals surface area contributed by atoms with Crippen LogP contribution in [-0.4, -0.2) is 7.11 Å². The first-order valence-electron chi connectivity index (χ1n) is 8.54. The first-order chi connectivity index (χ1) is 12.8. The van der Waals surface area contributed by atoms with E-state index in [-0.39, 0.29) is 5.82 Å². The maximum Gasteiger partial charge on any atom is 0.166 e. The molecule has 4 heteroatoms. The van der Waals surface area contributed by atoms with Crippen LogP contribution in [0.25, 0.3) is 0 Å². The molecule has 0 bridgehead atoms. The predicted molar refractivity (Wildman–Crippen MR) is 101 cm³/mol. The molecule has 0 aliphatic heterocycles. The summed E-state index contributed by atoms with van der Waals surface area (Å²) in [4.78, 5) is 0. The van der Waals surface area contributed by atoms with E-state index in [1.54, 1.807) is 19.2 Å². The van der Waals surface area contributed by atoms with Crippen molar-refractivity contribution in [3.8, 4) is 11.5 Å². The van der Waals surface area contributed by atoms with E-state index in [0.29, 0.717) is 25.4 Å². The van der Waals surface area contributed by atoms with Gasteiger partial charge in [-0.25, -0.2) is 4.39 Å². The molecule has 3 aromatic rings. The molecule has 0 atom stereocenters. The van der Waals surface area contributed by atoms with Crippen molar-refractivity contribution in [1.82, 2.24) is 5.32 Å². The summed E-state index contributed by atoms with van der Waals surface area (Å²) in [6.45, 7) is 1.75. The van der Waals surface area contributed by atoms with Crippen LogP contribution in [0.4, 0.5) is 4.39 Å². The molecule has 3 aromatic carbocycles. The number of nitrogens with one attached hydrogen (secondary N) is 1. The van der Waals surface area contributed by atoms with Gasteiger partial charge >= 0.3 is 0 Å². The van der Waals surface area contributed by atoms with E-state index in [4.69, 9.17) is 9.47 Å². The lowest BCUT2D eigenvalue weighted by molar-refractivity contribution is 0.280. The molecule has 0 aromatic heterocycles. The van der Waals surface area contributed by atoms with E-state index in [2.05, 4.69) is 5.32 Å². The number of benzene rings is 3. The fraction of sp³-hybridized carbons (Fsp3) is 0.182. The van der Waals surface area contributed by atoms with Crippen LogP contribution in [0.5, 0.6) is 11.5 Å². The number of rotatable bonds is 8. The van der Waals surface area contributed by atoms with Gasteiger partial charge in [-0.2, -0.15) is 0 Å². The largest absolute Gasteiger partial charge is 0.493 e. The lowest BCUT2D eigenvalue weighted by Gasteiger charge is -2.16. The van der Waals surface area contributed by atoms with E-state index in [9.17, 15) is 4.39 Å². The minimum Gasteiger partial charge on any atom is -0.493 e. The van der Waals surface area contributed by atoms with E-state index in [1.807, 2.05) is 48.5 Å². The van der Waals surface area contributed by atoms with Crippen LogP contribution < -0.4 is 14.8 Å². The number of halogens is 1. The standard InChI is InChI=1S/C22H22FNO2/c1-25-21-9-5-8-19(15-24-14-17-10-12-20(23)13-11-17)22(21)26-16-18-6-3-2-4-7-18/h2-13,24H,14-16H2,1H3. The number of hydrogen-bond acceptors (Lipinski definition) is 3. The highest BCUT2D eigenvalue weighted by molar-refractivity contribution is 5.46. The second-order valence-electron chi connectivity index (χ2n) is 5.95. The monoisotopic (exact) mass is 351 g/mol. The smallest absolute Gasteiger partial charge is 0.166 e. The molecule has 0 amide bonds. The number of hydrogen-bond donors (Lipinski definition) is 1. The molecule has 134 valence electrons. The molecular formula is C22H22FNO2. The Labute approximate surface area is 153 Å². The summed E-state index contributed by atoms with van der Waals surface area (Å²) in [5.74, 6) is 1.23. The van der Waals surface area contributed by atoms with Gasteiger partial charge in [-0.05, 0) is 29.3 Å². The van der Waals surface area contributed by atoms with Crippen LogP contribution in [0.1, 0.15) is 16.7 Å². The Morgan fingerprint density at radius 2 is 1.58 bits per heavy atom. The summed E-state index contributed by atoms with van der Waals surface area (Å²) in [5.41, 5.74) is 3.15. The molecule has 0 radical (unpaired) electrons. The summed E-state index contributed by atoms with van der Waals surface area (Å²) in [6, 6.07) is 22.4. The molecule has 0 aliphatic rings. The fourth-order valence-electron chi connectivity index (χ4n) is 2.70. The van der Waals surface area contributed by atoms with E-state index >= 15 is 0 Å². The number of para-hydroxylation sites is 1. The van der Waals surface area contributed by atoms with Crippen LogP contribution in [0.2, 0.25) is 0 Å². The van der Waals surface area contributed by atoms with Gasteiger partial charge < -0.3 is 14.8 Å². The Balaban J connectivity index is 1.66. The van der Waals surface area contributed by atoms with Crippen LogP contribution in [0.15, 0.2) is 72.8 Å². The second-order valence-corrected chi connectivity index (χ2v) is 5.95. The summed E-state index contributed by atoms with van der Waals surface area (Å²) in [6.07, 6.45) is 0. The normalized spacial score (nSPS) is 10.5. The van der Waals surface area contributed by atoms with Crippen LogP contribution in [-0.2, 0) is 19.7 Å². The fourth-order valence-corrected chi connectivity index (χ4v) is 2.70. The van der Waals surface area contributed by atoms with Crippen LogP contribution in [0.3, 0.4) is 0 Å². The quantitative estimate of drug-likeness (QED) is 0.638. The average molecular weight is 351 g/mol. The Morgan fingerprint density at radius 3 is 2.31 bits per heavy atom. The van der Waals surface area contributed by atoms with Crippen molar-refractivity contribution < 1.29 is 13.9 Å². The van der Waals surface area contributed by atoms with E-state index < -0.39 is 0 Å². The van der Waals surface area contributed by atoms with Crippen molar-refractivity contribution in [3.05, 3.63) is 95.3 Å². The lowest BCUT2D eigenvalue weighted by atomic mass is 10.1. The molecular weight excluding hydrogens is 329 g/mol. The van der Waals surface area contributed by atoms with Gasteiger partial charge in [-0.3, -0.25) is 0 Å². The topological polar surface area (TPSA) is 30.5 Å². The Kier molecular flexibility index (Phi) is 6.23. The number of ether oxygens (including phenoxy) is 2. The minimum absolute atomic E-state index is 0.224.